The van der Waals surface area contributed by atoms with E-state index >= 15 is 0 Å². The average molecular weight is 276 g/mol. The number of phenols is 1. The summed E-state index contributed by atoms with van der Waals surface area (Å²) < 4.78 is 5.35. The maximum Gasteiger partial charge on any atom is 0.118 e. The van der Waals surface area contributed by atoms with E-state index in [-0.39, 0.29) is 0 Å². The van der Waals surface area contributed by atoms with Gasteiger partial charge in [-0.1, -0.05) is 56.4 Å². The third-order valence-corrected chi connectivity index (χ3v) is 3.46. The van der Waals surface area contributed by atoms with Gasteiger partial charge in [0.1, 0.15) is 5.75 Å². The van der Waals surface area contributed by atoms with Gasteiger partial charge in [0.2, 0.25) is 0 Å². The lowest BCUT2D eigenvalue weighted by Gasteiger charge is -2.04. The molecule has 0 aliphatic heterocycles. The molecule has 112 valence electrons. The summed E-state index contributed by atoms with van der Waals surface area (Å²) in [5.74, 6) is 0.437. The number of hydrogen-bond acceptors (Lipinski definition) is 2. The molecule has 1 N–H and O–H groups in total. The summed E-state index contributed by atoms with van der Waals surface area (Å²) in [6.45, 7) is 5.16. The second-order valence-electron chi connectivity index (χ2n) is 5.22. The molecule has 0 aromatic heterocycles. The third kappa shape index (κ3) is 8.00. The molecule has 1 aromatic rings. The minimum atomic E-state index is 0.437. The fourth-order valence-electron chi connectivity index (χ4n) is 2.29. The maximum atomic E-state index is 9.65. The fourth-order valence-corrected chi connectivity index (χ4v) is 2.29. The van der Waals surface area contributed by atoms with Gasteiger partial charge in [-0.15, -0.1) is 6.58 Å². The Kier molecular flexibility index (Phi) is 9.68. The summed E-state index contributed by atoms with van der Waals surface area (Å²) in [5.41, 5.74) is 1.08. The van der Waals surface area contributed by atoms with Gasteiger partial charge in [0.15, 0.2) is 0 Å². The number of aryl methyl sites for hydroxylation is 1. The van der Waals surface area contributed by atoms with Crippen molar-refractivity contribution in [2.75, 3.05) is 13.2 Å². The van der Waals surface area contributed by atoms with E-state index in [4.69, 9.17) is 4.74 Å². The number of phenolic OH excluding ortho intramolecular Hbond substituents is 1. The molecule has 20 heavy (non-hydrogen) atoms. The summed E-state index contributed by atoms with van der Waals surface area (Å²) in [6, 6.07) is 7.64. The van der Waals surface area contributed by atoms with Crippen molar-refractivity contribution >= 4 is 0 Å². The minimum Gasteiger partial charge on any atom is -0.508 e. The zero-order valence-corrected chi connectivity index (χ0v) is 12.5. The van der Waals surface area contributed by atoms with Crippen molar-refractivity contribution in [3.8, 4) is 5.75 Å². The molecule has 0 heterocycles. The van der Waals surface area contributed by atoms with Gasteiger partial charge in [0.05, 0.1) is 6.61 Å². The van der Waals surface area contributed by atoms with Crippen LogP contribution in [0, 0.1) is 0 Å². The van der Waals surface area contributed by atoms with Gasteiger partial charge >= 0.3 is 0 Å². The van der Waals surface area contributed by atoms with Gasteiger partial charge in [0.25, 0.3) is 0 Å². The molecule has 2 heteroatoms. The molecular formula is C18H28O2. The lowest BCUT2D eigenvalue weighted by molar-refractivity contribution is 0.157. The Hall–Kier alpha value is -1.28. The average Bonchev–Trinajstić information content (AvgIpc) is 2.46. The van der Waals surface area contributed by atoms with Crippen molar-refractivity contribution in [2.45, 2.75) is 51.4 Å². The predicted molar refractivity (Wildman–Crippen MR) is 85.1 cm³/mol. The Labute approximate surface area is 123 Å². The van der Waals surface area contributed by atoms with Gasteiger partial charge in [-0.25, -0.2) is 0 Å². The lowest BCUT2D eigenvalue weighted by Crippen LogP contribution is -1.93. The second kappa shape index (κ2) is 11.5. The van der Waals surface area contributed by atoms with Gasteiger partial charge in [-0.3, -0.25) is 0 Å². The van der Waals surface area contributed by atoms with Crippen LogP contribution in [0.2, 0.25) is 0 Å². The van der Waals surface area contributed by atoms with E-state index in [2.05, 4.69) is 6.58 Å². The number of aromatic hydroxyl groups is 1. The number of rotatable bonds is 12. The van der Waals surface area contributed by atoms with Crippen LogP contribution in [-0.4, -0.2) is 18.3 Å². The highest BCUT2D eigenvalue weighted by molar-refractivity contribution is 5.31. The highest BCUT2D eigenvalue weighted by Gasteiger charge is 1.99. The largest absolute Gasteiger partial charge is 0.508 e. The Balaban J connectivity index is 1.88. The zero-order valence-electron chi connectivity index (χ0n) is 12.5. The molecule has 1 rings (SSSR count). The third-order valence-electron chi connectivity index (χ3n) is 3.46. The monoisotopic (exact) mass is 276 g/mol. The standard InChI is InChI=1S/C18H28O2/c1-2-15-20-16-11-7-5-3-4-6-8-12-17-13-9-10-14-18(17)19/h2,9-10,13-14,19H,1,3-8,11-12,15-16H2. The topological polar surface area (TPSA) is 29.5 Å². The van der Waals surface area contributed by atoms with E-state index in [0.29, 0.717) is 12.4 Å². The normalized spacial score (nSPS) is 10.6. The number of unbranched alkanes of at least 4 members (excludes halogenated alkanes) is 6. The second-order valence-corrected chi connectivity index (χ2v) is 5.22. The van der Waals surface area contributed by atoms with Crippen LogP contribution in [0.1, 0.15) is 50.5 Å². The van der Waals surface area contributed by atoms with Gasteiger partial charge in [-0.05, 0) is 30.9 Å². The fraction of sp³-hybridized carbons (Fsp3) is 0.556. The van der Waals surface area contributed by atoms with Crippen molar-refractivity contribution in [3.05, 3.63) is 42.5 Å². The first-order chi connectivity index (χ1) is 9.84. The SMILES string of the molecule is C=CCOCCCCCCCCCc1ccccc1O. The molecule has 0 unspecified atom stereocenters. The first-order valence-corrected chi connectivity index (χ1v) is 7.80. The number of benzene rings is 1. The highest BCUT2D eigenvalue weighted by Crippen LogP contribution is 2.18. The van der Waals surface area contributed by atoms with Crippen molar-refractivity contribution in [3.63, 3.8) is 0 Å². The number of hydrogen-bond donors (Lipinski definition) is 1. The Morgan fingerprint density at radius 3 is 2.30 bits per heavy atom. The quantitative estimate of drug-likeness (QED) is 0.436. The predicted octanol–water partition coefficient (Wildman–Crippen LogP) is 4.87. The van der Waals surface area contributed by atoms with Crippen molar-refractivity contribution in [1.29, 1.82) is 0 Å². The lowest BCUT2D eigenvalue weighted by atomic mass is 10.0. The van der Waals surface area contributed by atoms with Crippen LogP contribution >= 0.6 is 0 Å². The molecule has 0 atom stereocenters. The molecule has 0 saturated heterocycles. The Bertz CT molecular complexity index is 360. The first-order valence-electron chi connectivity index (χ1n) is 7.80. The molecule has 0 radical (unpaired) electrons. The molecule has 1 aromatic carbocycles. The molecule has 2 nitrogen and oxygen atoms in total. The Morgan fingerprint density at radius 2 is 1.60 bits per heavy atom. The molecule has 0 aliphatic carbocycles. The highest BCUT2D eigenvalue weighted by atomic mass is 16.5. The molecule has 0 amide bonds. The van der Waals surface area contributed by atoms with E-state index in [0.717, 1.165) is 25.0 Å². The summed E-state index contributed by atoms with van der Waals surface area (Å²) in [5, 5.41) is 9.65. The van der Waals surface area contributed by atoms with Gasteiger partial charge < -0.3 is 9.84 Å². The van der Waals surface area contributed by atoms with Crippen molar-refractivity contribution in [1.82, 2.24) is 0 Å². The minimum absolute atomic E-state index is 0.437. The number of ether oxygens (including phenoxy) is 1. The van der Waals surface area contributed by atoms with Gasteiger partial charge in [-0.2, -0.15) is 0 Å². The Morgan fingerprint density at radius 1 is 0.950 bits per heavy atom. The molecular weight excluding hydrogens is 248 g/mol. The van der Waals surface area contributed by atoms with Crippen LogP contribution in [0.25, 0.3) is 0 Å². The van der Waals surface area contributed by atoms with Crippen LogP contribution in [0.3, 0.4) is 0 Å². The summed E-state index contributed by atoms with van der Waals surface area (Å²) in [6.07, 6.45) is 11.5. The molecule has 0 spiro atoms. The van der Waals surface area contributed by atoms with Crippen LogP contribution in [0.4, 0.5) is 0 Å². The molecule has 0 bridgehead atoms. The van der Waals surface area contributed by atoms with Crippen molar-refractivity contribution in [2.24, 2.45) is 0 Å². The van der Waals surface area contributed by atoms with Crippen LogP contribution in [0.5, 0.6) is 5.75 Å². The zero-order chi connectivity index (χ0) is 14.5. The van der Waals surface area contributed by atoms with Crippen LogP contribution < -0.4 is 0 Å². The summed E-state index contributed by atoms with van der Waals surface area (Å²) in [4.78, 5) is 0. The van der Waals surface area contributed by atoms with E-state index in [9.17, 15) is 5.11 Å². The maximum absolute atomic E-state index is 9.65. The molecule has 0 saturated carbocycles. The summed E-state index contributed by atoms with van der Waals surface area (Å²) in [7, 11) is 0. The summed E-state index contributed by atoms with van der Waals surface area (Å²) >= 11 is 0. The van der Waals surface area contributed by atoms with E-state index < -0.39 is 0 Å². The molecule has 0 fully saturated rings. The van der Waals surface area contributed by atoms with Crippen molar-refractivity contribution < 1.29 is 9.84 Å². The van der Waals surface area contributed by atoms with Gasteiger partial charge in [0, 0.05) is 6.61 Å². The van der Waals surface area contributed by atoms with E-state index in [1.54, 1.807) is 12.1 Å². The van der Waals surface area contributed by atoms with Crippen LogP contribution in [-0.2, 0) is 11.2 Å². The number of para-hydroxylation sites is 1. The van der Waals surface area contributed by atoms with Crippen LogP contribution in [0.15, 0.2) is 36.9 Å². The first kappa shape index (κ1) is 16.8. The molecule has 0 aliphatic rings. The van der Waals surface area contributed by atoms with E-state index in [1.807, 2.05) is 18.2 Å². The smallest absolute Gasteiger partial charge is 0.118 e. The van der Waals surface area contributed by atoms with E-state index in [1.165, 1.54) is 38.5 Å².